The van der Waals surface area contributed by atoms with Crippen molar-refractivity contribution >= 4 is 17.3 Å². The summed E-state index contributed by atoms with van der Waals surface area (Å²) in [6, 6.07) is 5.82. The van der Waals surface area contributed by atoms with Gasteiger partial charge in [0.15, 0.2) is 0 Å². The Morgan fingerprint density at radius 2 is 2.04 bits per heavy atom. The van der Waals surface area contributed by atoms with E-state index in [0.29, 0.717) is 22.1 Å². The molecule has 25 heavy (non-hydrogen) atoms. The molecule has 1 aromatic carbocycles. The molecular weight excluding hydrogens is 347 g/mol. The molecule has 0 aliphatic rings. The number of anilines is 1. The fourth-order valence-electron chi connectivity index (χ4n) is 2.37. The second-order valence-corrected chi connectivity index (χ2v) is 6.17. The molecule has 0 saturated heterocycles. The Labute approximate surface area is 148 Å². The summed E-state index contributed by atoms with van der Waals surface area (Å²) in [5.41, 5.74) is 1.62. The van der Waals surface area contributed by atoms with Gasteiger partial charge in [-0.1, -0.05) is 16.8 Å². The van der Waals surface area contributed by atoms with E-state index < -0.39 is 5.82 Å². The number of rotatable bonds is 4. The Morgan fingerprint density at radius 3 is 2.68 bits per heavy atom. The van der Waals surface area contributed by atoms with Crippen LogP contribution in [0.15, 0.2) is 35.3 Å². The zero-order valence-electron chi connectivity index (χ0n) is 13.9. The third-order valence-electron chi connectivity index (χ3n) is 3.80. The van der Waals surface area contributed by atoms with Crippen LogP contribution in [0, 0.1) is 5.82 Å². The van der Waals surface area contributed by atoms with Crippen molar-refractivity contribution in [3.63, 3.8) is 0 Å². The summed E-state index contributed by atoms with van der Waals surface area (Å²) in [5, 5.41) is 12.4. The monoisotopic (exact) mass is 362 g/mol. The van der Waals surface area contributed by atoms with Gasteiger partial charge in [0, 0.05) is 37.8 Å². The third kappa shape index (κ3) is 3.39. The van der Waals surface area contributed by atoms with E-state index in [1.807, 2.05) is 14.1 Å². The van der Waals surface area contributed by atoms with Gasteiger partial charge < -0.3 is 4.90 Å². The Hall–Kier alpha value is -2.74. The molecule has 3 rings (SSSR count). The molecule has 7 nitrogen and oxygen atoms in total. The van der Waals surface area contributed by atoms with Gasteiger partial charge >= 0.3 is 0 Å². The van der Waals surface area contributed by atoms with E-state index in [4.69, 9.17) is 11.6 Å². The number of aryl methyl sites for hydroxylation is 1. The molecule has 0 saturated carbocycles. The fourth-order valence-corrected chi connectivity index (χ4v) is 2.53. The summed E-state index contributed by atoms with van der Waals surface area (Å²) in [6.45, 7) is 0.118. The molecule has 3 aromatic rings. The number of benzene rings is 1. The van der Waals surface area contributed by atoms with Gasteiger partial charge in [0.05, 0.1) is 24.1 Å². The fraction of sp³-hybridized carbons (Fsp3) is 0.250. The number of hydrogen-bond acceptors (Lipinski definition) is 5. The van der Waals surface area contributed by atoms with E-state index in [1.54, 1.807) is 24.2 Å². The smallest absolute Gasteiger partial charge is 0.269 e. The van der Waals surface area contributed by atoms with Crippen LogP contribution in [0.2, 0.25) is 5.02 Å². The third-order valence-corrected chi connectivity index (χ3v) is 4.04. The van der Waals surface area contributed by atoms with Crippen LogP contribution in [-0.2, 0) is 13.6 Å². The standard InChI is InChI=1S/C16H16ClFN6O/c1-22(2)11-7-15(25)24(19-8-11)9-14-16(20-21-23(14)3)12-5-4-10(17)6-13(12)18/h4-8H,9H2,1-3H3. The summed E-state index contributed by atoms with van der Waals surface area (Å²) in [6.07, 6.45) is 1.59. The lowest BCUT2D eigenvalue weighted by Crippen LogP contribution is -2.25. The lowest BCUT2D eigenvalue weighted by Gasteiger charge is -2.12. The second kappa shape index (κ2) is 6.64. The van der Waals surface area contributed by atoms with E-state index in [0.717, 1.165) is 0 Å². The summed E-state index contributed by atoms with van der Waals surface area (Å²) >= 11 is 5.80. The molecule has 0 spiro atoms. The quantitative estimate of drug-likeness (QED) is 0.709. The molecule has 0 radical (unpaired) electrons. The summed E-state index contributed by atoms with van der Waals surface area (Å²) in [7, 11) is 5.33. The summed E-state index contributed by atoms with van der Waals surface area (Å²) in [5.74, 6) is -0.502. The largest absolute Gasteiger partial charge is 0.376 e. The van der Waals surface area contributed by atoms with E-state index in [9.17, 15) is 9.18 Å². The van der Waals surface area contributed by atoms with Crippen molar-refractivity contribution in [3.05, 3.63) is 57.3 Å². The van der Waals surface area contributed by atoms with Crippen LogP contribution in [0.3, 0.4) is 0 Å². The SMILES string of the molecule is CN(C)c1cnn(Cc2c(-c3ccc(Cl)cc3F)nnn2C)c(=O)c1. The highest BCUT2D eigenvalue weighted by molar-refractivity contribution is 6.30. The van der Waals surface area contributed by atoms with Crippen LogP contribution >= 0.6 is 11.6 Å². The first-order valence-corrected chi connectivity index (χ1v) is 7.83. The van der Waals surface area contributed by atoms with Crippen molar-refractivity contribution < 1.29 is 4.39 Å². The van der Waals surface area contributed by atoms with Crippen molar-refractivity contribution in [2.24, 2.45) is 7.05 Å². The predicted octanol–water partition coefficient (Wildman–Crippen LogP) is 1.95. The molecule has 0 aliphatic carbocycles. The zero-order valence-corrected chi connectivity index (χ0v) is 14.7. The first-order valence-electron chi connectivity index (χ1n) is 7.45. The van der Waals surface area contributed by atoms with Gasteiger partial charge in [0.1, 0.15) is 11.5 Å². The van der Waals surface area contributed by atoms with Crippen molar-refractivity contribution in [1.29, 1.82) is 0 Å². The molecule has 0 bridgehead atoms. The van der Waals surface area contributed by atoms with Crippen LogP contribution in [-0.4, -0.2) is 38.9 Å². The maximum Gasteiger partial charge on any atom is 0.269 e. The lowest BCUT2D eigenvalue weighted by atomic mass is 10.1. The van der Waals surface area contributed by atoms with Gasteiger partial charge in [0.25, 0.3) is 5.56 Å². The van der Waals surface area contributed by atoms with Gasteiger partial charge in [-0.2, -0.15) is 5.10 Å². The molecule has 130 valence electrons. The molecule has 0 amide bonds. The van der Waals surface area contributed by atoms with Crippen LogP contribution in [0.4, 0.5) is 10.1 Å². The number of aromatic nitrogens is 5. The van der Waals surface area contributed by atoms with Crippen LogP contribution in [0.5, 0.6) is 0 Å². The Kier molecular flexibility index (Phi) is 4.54. The highest BCUT2D eigenvalue weighted by Gasteiger charge is 2.18. The minimum atomic E-state index is -0.502. The highest BCUT2D eigenvalue weighted by atomic mass is 35.5. The molecule has 2 heterocycles. The molecule has 9 heteroatoms. The Morgan fingerprint density at radius 1 is 1.28 bits per heavy atom. The van der Waals surface area contributed by atoms with Gasteiger partial charge in [-0.3, -0.25) is 4.79 Å². The van der Waals surface area contributed by atoms with Crippen molar-refractivity contribution in [3.8, 4) is 11.3 Å². The lowest BCUT2D eigenvalue weighted by molar-refractivity contribution is 0.586. The number of halogens is 2. The van der Waals surface area contributed by atoms with Crippen molar-refractivity contribution in [1.82, 2.24) is 24.8 Å². The first-order chi connectivity index (χ1) is 11.9. The Balaban J connectivity index is 2.02. The highest BCUT2D eigenvalue weighted by Crippen LogP contribution is 2.26. The zero-order chi connectivity index (χ0) is 18.1. The normalized spacial score (nSPS) is 10.9. The molecule has 0 atom stereocenters. The van der Waals surface area contributed by atoms with Crippen molar-refractivity contribution in [2.45, 2.75) is 6.54 Å². The van der Waals surface area contributed by atoms with Gasteiger partial charge in [-0.25, -0.2) is 13.8 Å². The van der Waals surface area contributed by atoms with Gasteiger partial charge in [0.2, 0.25) is 0 Å². The minimum Gasteiger partial charge on any atom is -0.376 e. The molecule has 0 N–H and O–H groups in total. The summed E-state index contributed by atoms with van der Waals surface area (Å²) in [4.78, 5) is 14.1. The maximum atomic E-state index is 14.2. The average molecular weight is 363 g/mol. The van der Waals surface area contributed by atoms with Crippen LogP contribution < -0.4 is 10.5 Å². The summed E-state index contributed by atoms with van der Waals surface area (Å²) < 4.78 is 17.0. The molecule has 2 aromatic heterocycles. The number of nitrogens with zero attached hydrogens (tertiary/aromatic N) is 6. The maximum absolute atomic E-state index is 14.2. The predicted molar refractivity (Wildman–Crippen MR) is 93.3 cm³/mol. The molecule has 0 unspecified atom stereocenters. The van der Waals surface area contributed by atoms with Gasteiger partial charge in [-0.15, -0.1) is 5.10 Å². The minimum absolute atomic E-state index is 0.118. The second-order valence-electron chi connectivity index (χ2n) is 5.74. The van der Waals surface area contributed by atoms with Crippen LogP contribution in [0.1, 0.15) is 5.69 Å². The van der Waals surface area contributed by atoms with Crippen LogP contribution in [0.25, 0.3) is 11.3 Å². The molecular formula is C16H16ClFN6O. The number of hydrogen-bond donors (Lipinski definition) is 0. The first kappa shape index (κ1) is 17.1. The molecule has 0 aliphatic heterocycles. The van der Waals surface area contributed by atoms with E-state index in [-0.39, 0.29) is 17.7 Å². The van der Waals surface area contributed by atoms with E-state index in [2.05, 4.69) is 15.4 Å². The Bertz CT molecular complexity index is 981. The topological polar surface area (TPSA) is 68.8 Å². The average Bonchev–Trinajstić information content (AvgIpc) is 2.90. The van der Waals surface area contributed by atoms with E-state index in [1.165, 1.54) is 27.6 Å². The molecule has 0 fully saturated rings. The van der Waals surface area contributed by atoms with E-state index >= 15 is 0 Å². The van der Waals surface area contributed by atoms with Crippen molar-refractivity contribution in [2.75, 3.05) is 19.0 Å². The van der Waals surface area contributed by atoms with Gasteiger partial charge in [-0.05, 0) is 18.2 Å².